The van der Waals surface area contributed by atoms with Gasteiger partial charge in [0.15, 0.2) is 0 Å². The molecule has 6 heteroatoms. The molecular formula is C16H21N5O. The number of nitrogens with two attached hydrogens (primary N) is 1. The van der Waals surface area contributed by atoms with Crippen molar-refractivity contribution in [3.63, 3.8) is 0 Å². The van der Waals surface area contributed by atoms with Gasteiger partial charge in [-0.3, -0.25) is 9.36 Å². The van der Waals surface area contributed by atoms with Crippen LogP contribution in [0.5, 0.6) is 0 Å². The summed E-state index contributed by atoms with van der Waals surface area (Å²) in [6.45, 7) is 3.45. The van der Waals surface area contributed by atoms with Crippen molar-refractivity contribution in [2.24, 2.45) is 11.7 Å². The molecule has 1 saturated heterocycles. The Morgan fingerprint density at radius 3 is 3.05 bits per heavy atom. The fourth-order valence-electron chi connectivity index (χ4n) is 3.11. The Labute approximate surface area is 130 Å². The first-order chi connectivity index (χ1) is 10.7. The summed E-state index contributed by atoms with van der Waals surface area (Å²) in [5.41, 5.74) is 6.53. The van der Waals surface area contributed by atoms with Gasteiger partial charge in [-0.15, -0.1) is 0 Å². The van der Waals surface area contributed by atoms with Crippen LogP contribution < -0.4 is 5.73 Å². The van der Waals surface area contributed by atoms with Gasteiger partial charge in [0.2, 0.25) is 0 Å². The van der Waals surface area contributed by atoms with E-state index < -0.39 is 0 Å². The molecule has 0 spiro atoms. The summed E-state index contributed by atoms with van der Waals surface area (Å²) in [4.78, 5) is 23.1. The highest BCUT2D eigenvalue weighted by Crippen LogP contribution is 2.24. The molecule has 3 rings (SSSR count). The lowest BCUT2D eigenvalue weighted by Crippen LogP contribution is -2.51. The van der Waals surface area contributed by atoms with Crippen LogP contribution in [0.1, 0.15) is 30.1 Å². The third-order valence-electron chi connectivity index (χ3n) is 4.38. The van der Waals surface area contributed by atoms with Gasteiger partial charge in [-0.2, -0.15) is 0 Å². The van der Waals surface area contributed by atoms with Gasteiger partial charge in [-0.25, -0.2) is 9.97 Å². The van der Waals surface area contributed by atoms with Gasteiger partial charge in [0.1, 0.15) is 12.1 Å². The molecule has 0 bridgehead atoms. The van der Waals surface area contributed by atoms with Gasteiger partial charge < -0.3 is 10.6 Å². The van der Waals surface area contributed by atoms with E-state index in [2.05, 4.69) is 16.9 Å². The standard InChI is InChI=1S/C16H21N5O/c1-12-3-2-7-21(14(12)10-17)16(22)13-4-5-19-15(9-13)20-8-6-18-11-20/h4-6,8-9,11-12,14H,2-3,7,10,17H2,1H3/t12-,14-/m1/s1. The first-order valence-corrected chi connectivity index (χ1v) is 7.66. The molecule has 0 saturated carbocycles. The monoisotopic (exact) mass is 299 g/mol. The summed E-state index contributed by atoms with van der Waals surface area (Å²) in [7, 11) is 0. The molecule has 0 aliphatic carbocycles. The molecule has 2 N–H and O–H groups in total. The number of hydrogen-bond donors (Lipinski definition) is 1. The van der Waals surface area contributed by atoms with Crippen LogP contribution in [-0.4, -0.2) is 44.5 Å². The second-order valence-corrected chi connectivity index (χ2v) is 5.79. The lowest BCUT2D eigenvalue weighted by Gasteiger charge is -2.39. The summed E-state index contributed by atoms with van der Waals surface area (Å²) in [5.74, 6) is 1.17. The summed E-state index contributed by atoms with van der Waals surface area (Å²) in [5, 5.41) is 0. The van der Waals surface area contributed by atoms with Gasteiger partial charge in [-0.1, -0.05) is 6.92 Å². The average Bonchev–Trinajstić information content (AvgIpc) is 3.08. The van der Waals surface area contributed by atoms with E-state index in [0.717, 1.165) is 19.4 Å². The fourth-order valence-corrected chi connectivity index (χ4v) is 3.11. The maximum absolute atomic E-state index is 12.9. The zero-order chi connectivity index (χ0) is 15.5. The second-order valence-electron chi connectivity index (χ2n) is 5.79. The minimum absolute atomic E-state index is 0.0331. The zero-order valence-corrected chi connectivity index (χ0v) is 12.7. The molecule has 1 aliphatic rings. The molecule has 0 radical (unpaired) electrons. The SMILES string of the molecule is C[C@@H]1CCCN(C(=O)c2ccnc(-n3ccnc3)c2)[C@@H]1CN. The first-order valence-electron chi connectivity index (χ1n) is 7.66. The maximum atomic E-state index is 12.9. The molecule has 3 heterocycles. The van der Waals surface area contributed by atoms with Crippen molar-refractivity contribution in [2.75, 3.05) is 13.1 Å². The predicted octanol–water partition coefficient (Wildman–Crippen LogP) is 1.47. The summed E-state index contributed by atoms with van der Waals surface area (Å²) in [6, 6.07) is 3.68. The Balaban J connectivity index is 1.87. The average molecular weight is 299 g/mol. The van der Waals surface area contributed by atoms with E-state index in [4.69, 9.17) is 5.73 Å². The van der Waals surface area contributed by atoms with Crippen LogP contribution >= 0.6 is 0 Å². The highest BCUT2D eigenvalue weighted by Gasteiger charge is 2.31. The molecule has 2 aromatic rings. The summed E-state index contributed by atoms with van der Waals surface area (Å²) in [6.07, 6.45) is 8.98. The number of hydrogen-bond acceptors (Lipinski definition) is 4. The van der Waals surface area contributed by atoms with Crippen LogP contribution in [0.15, 0.2) is 37.1 Å². The highest BCUT2D eigenvalue weighted by molar-refractivity contribution is 5.94. The molecular weight excluding hydrogens is 278 g/mol. The van der Waals surface area contributed by atoms with Crippen molar-refractivity contribution in [3.05, 3.63) is 42.6 Å². The molecule has 1 amide bonds. The Hall–Kier alpha value is -2.21. The zero-order valence-electron chi connectivity index (χ0n) is 12.7. The van der Waals surface area contributed by atoms with Gasteiger partial charge in [0.05, 0.1) is 0 Å². The van der Waals surface area contributed by atoms with Crippen molar-refractivity contribution in [1.82, 2.24) is 19.4 Å². The summed E-state index contributed by atoms with van der Waals surface area (Å²) < 4.78 is 1.79. The molecule has 1 fully saturated rings. The number of carbonyl (C=O) groups excluding carboxylic acids is 1. The summed E-state index contributed by atoms with van der Waals surface area (Å²) >= 11 is 0. The van der Waals surface area contributed by atoms with Crippen LogP contribution in [0.4, 0.5) is 0 Å². The van der Waals surface area contributed by atoms with E-state index in [9.17, 15) is 4.79 Å². The van der Waals surface area contributed by atoms with E-state index in [1.165, 1.54) is 0 Å². The lowest BCUT2D eigenvalue weighted by molar-refractivity contribution is 0.0532. The van der Waals surface area contributed by atoms with Crippen LogP contribution in [0.25, 0.3) is 5.82 Å². The van der Waals surface area contributed by atoms with Gasteiger partial charge in [0, 0.05) is 43.3 Å². The third-order valence-corrected chi connectivity index (χ3v) is 4.38. The van der Waals surface area contributed by atoms with Crippen molar-refractivity contribution in [3.8, 4) is 5.82 Å². The van der Waals surface area contributed by atoms with Crippen LogP contribution in [0.3, 0.4) is 0 Å². The molecule has 6 nitrogen and oxygen atoms in total. The maximum Gasteiger partial charge on any atom is 0.254 e. The fraction of sp³-hybridized carbons (Fsp3) is 0.438. The number of likely N-dealkylation sites (tertiary alicyclic amines) is 1. The molecule has 0 unspecified atom stereocenters. The Kier molecular flexibility index (Phi) is 4.20. The number of piperidine rings is 1. The van der Waals surface area contributed by atoms with E-state index in [1.54, 1.807) is 35.4 Å². The topological polar surface area (TPSA) is 77.0 Å². The van der Waals surface area contributed by atoms with E-state index >= 15 is 0 Å². The van der Waals surface area contributed by atoms with E-state index in [0.29, 0.717) is 23.8 Å². The van der Waals surface area contributed by atoms with Gasteiger partial charge in [-0.05, 0) is 30.9 Å². The van der Waals surface area contributed by atoms with Crippen LogP contribution in [0, 0.1) is 5.92 Å². The van der Waals surface area contributed by atoms with Gasteiger partial charge >= 0.3 is 0 Å². The van der Waals surface area contributed by atoms with Crippen molar-refractivity contribution in [1.29, 1.82) is 0 Å². The molecule has 2 aromatic heterocycles. The minimum atomic E-state index is 0.0331. The molecule has 0 aromatic carbocycles. The van der Waals surface area contributed by atoms with Crippen molar-refractivity contribution >= 4 is 5.91 Å². The largest absolute Gasteiger partial charge is 0.334 e. The number of aromatic nitrogens is 3. The lowest BCUT2D eigenvalue weighted by atomic mass is 9.90. The molecule has 22 heavy (non-hydrogen) atoms. The predicted molar refractivity (Wildman–Crippen MR) is 83.6 cm³/mol. The van der Waals surface area contributed by atoms with Crippen molar-refractivity contribution < 1.29 is 4.79 Å². The molecule has 116 valence electrons. The van der Waals surface area contributed by atoms with Crippen LogP contribution in [0.2, 0.25) is 0 Å². The highest BCUT2D eigenvalue weighted by atomic mass is 16.2. The van der Waals surface area contributed by atoms with E-state index in [1.807, 2.05) is 11.1 Å². The third kappa shape index (κ3) is 2.74. The Morgan fingerprint density at radius 2 is 2.32 bits per heavy atom. The Morgan fingerprint density at radius 1 is 1.45 bits per heavy atom. The number of pyridine rings is 1. The van der Waals surface area contributed by atoms with Gasteiger partial charge in [0.25, 0.3) is 5.91 Å². The quantitative estimate of drug-likeness (QED) is 0.931. The molecule has 2 atom stereocenters. The Bertz CT molecular complexity index is 640. The number of imidazole rings is 1. The van der Waals surface area contributed by atoms with E-state index in [-0.39, 0.29) is 11.9 Å². The number of carbonyl (C=O) groups is 1. The van der Waals surface area contributed by atoms with Crippen LogP contribution in [-0.2, 0) is 0 Å². The van der Waals surface area contributed by atoms with Crippen molar-refractivity contribution in [2.45, 2.75) is 25.8 Å². The minimum Gasteiger partial charge on any atom is -0.334 e. The smallest absolute Gasteiger partial charge is 0.254 e. The number of rotatable bonds is 3. The molecule has 1 aliphatic heterocycles. The first kappa shape index (κ1) is 14.7. The number of nitrogens with zero attached hydrogens (tertiary/aromatic N) is 4. The number of amides is 1. The second kappa shape index (κ2) is 6.27. The normalized spacial score (nSPS) is 21.8.